The highest BCUT2D eigenvalue weighted by Crippen LogP contribution is 2.29. The number of carboxylic acids is 1. The average molecular weight is 210 g/mol. The molecule has 82 valence electrons. The molecule has 1 N–H and O–H groups in total. The standard InChI is InChI=1S/C9H13F3O2/c1-3-8(2,7(13)14)5-4-6-9(10,11)12/h3H,1,4-6H2,2H3,(H,13,14). The molecule has 0 aliphatic rings. The highest BCUT2D eigenvalue weighted by atomic mass is 19.4. The molecule has 0 saturated heterocycles. The van der Waals surface area contributed by atoms with Crippen LogP contribution in [0, 0.1) is 5.41 Å². The summed E-state index contributed by atoms with van der Waals surface area (Å²) in [6.07, 6.45) is -4.25. The summed E-state index contributed by atoms with van der Waals surface area (Å²) in [6.45, 7) is 4.67. The number of alkyl halides is 3. The summed E-state index contributed by atoms with van der Waals surface area (Å²) in [5.74, 6) is -1.14. The van der Waals surface area contributed by atoms with E-state index in [-0.39, 0.29) is 12.8 Å². The Labute approximate surface area is 80.4 Å². The van der Waals surface area contributed by atoms with Crippen molar-refractivity contribution in [1.29, 1.82) is 0 Å². The van der Waals surface area contributed by atoms with Crippen LogP contribution in [0.3, 0.4) is 0 Å². The Kier molecular flexibility index (Phi) is 4.16. The lowest BCUT2D eigenvalue weighted by Crippen LogP contribution is -2.25. The molecule has 5 heteroatoms. The van der Waals surface area contributed by atoms with E-state index in [4.69, 9.17) is 5.11 Å². The summed E-state index contributed by atoms with van der Waals surface area (Å²) in [5.41, 5.74) is -1.26. The van der Waals surface area contributed by atoms with E-state index in [1.807, 2.05) is 0 Å². The molecule has 0 saturated carbocycles. The number of aliphatic carboxylic acids is 1. The maximum Gasteiger partial charge on any atom is 0.389 e. The van der Waals surface area contributed by atoms with Crippen molar-refractivity contribution >= 4 is 5.97 Å². The third-order valence-corrected chi connectivity index (χ3v) is 2.10. The fourth-order valence-corrected chi connectivity index (χ4v) is 0.952. The second-order valence-electron chi connectivity index (χ2n) is 3.40. The minimum absolute atomic E-state index is 0.0503. The Balaban J connectivity index is 4.10. The number of carbonyl (C=O) groups is 1. The van der Waals surface area contributed by atoms with Gasteiger partial charge in [-0.25, -0.2) is 0 Å². The van der Waals surface area contributed by atoms with Crippen LogP contribution in [0.15, 0.2) is 12.7 Å². The molecular formula is C9H13F3O2. The quantitative estimate of drug-likeness (QED) is 0.708. The molecule has 0 bridgehead atoms. The minimum Gasteiger partial charge on any atom is -0.481 e. The first kappa shape index (κ1) is 13.0. The van der Waals surface area contributed by atoms with Gasteiger partial charge < -0.3 is 5.11 Å². The summed E-state index contributed by atoms with van der Waals surface area (Å²) in [5, 5.41) is 8.71. The van der Waals surface area contributed by atoms with Crippen molar-refractivity contribution in [2.75, 3.05) is 0 Å². The van der Waals surface area contributed by atoms with Crippen molar-refractivity contribution in [3.63, 3.8) is 0 Å². The van der Waals surface area contributed by atoms with Gasteiger partial charge in [0.15, 0.2) is 0 Å². The summed E-state index contributed by atoms with van der Waals surface area (Å²) < 4.78 is 35.3. The van der Waals surface area contributed by atoms with Gasteiger partial charge in [0.05, 0.1) is 5.41 Å². The van der Waals surface area contributed by atoms with E-state index in [0.29, 0.717) is 0 Å². The topological polar surface area (TPSA) is 37.3 Å². The van der Waals surface area contributed by atoms with Crippen LogP contribution in [0.4, 0.5) is 13.2 Å². The van der Waals surface area contributed by atoms with Crippen LogP contribution in [0.1, 0.15) is 26.2 Å². The van der Waals surface area contributed by atoms with Crippen molar-refractivity contribution in [3.8, 4) is 0 Å². The molecule has 0 spiro atoms. The average Bonchev–Trinajstić information content (AvgIpc) is 2.01. The van der Waals surface area contributed by atoms with Crippen molar-refractivity contribution in [1.82, 2.24) is 0 Å². The van der Waals surface area contributed by atoms with Crippen LogP contribution in [0.2, 0.25) is 0 Å². The highest BCUT2D eigenvalue weighted by Gasteiger charge is 2.32. The number of hydrogen-bond donors (Lipinski definition) is 1. The number of halogens is 3. The summed E-state index contributed by atoms with van der Waals surface area (Å²) in [6, 6.07) is 0. The highest BCUT2D eigenvalue weighted by molar-refractivity contribution is 5.76. The van der Waals surface area contributed by atoms with E-state index >= 15 is 0 Å². The maximum absolute atomic E-state index is 11.8. The first-order valence-corrected chi connectivity index (χ1v) is 4.15. The van der Waals surface area contributed by atoms with Crippen LogP contribution < -0.4 is 0 Å². The summed E-state index contributed by atoms with van der Waals surface area (Å²) in [7, 11) is 0. The Morgan fingerprint density at radius 1 is 1.43 bits per heavy atom. The lowest BCUT2D eigenvalue weighted by Gasteiger charge is -2.20. The molecule has 0 rings (SSSR count). The Morgan fingerprint density at radius 2 is 1.93 bits per heavy atom. The summed E-state index contributed by atoms with van der Waals surface area (Å²) in [4.78, 5) is 10.7. The maximum atomic E-state index is 11.8. The zero-order valence-corrected chi connectivity index (χ0v) is 7.90. The minimum atomic E-state index is -4.22. The molecule has 2 nitrogen and oxygen atoms in total. The van der Waals surface area contributed by atoms with E-state index in [0.717, 1.165) is 0 Å². The van der Waals surface area contributed by atoms with Crippen LogP contribution in [0.5, 0.6) is 0 Å². The van der Waals surface area contributed by atoms with E-state index < -0.39 is 24.0 Å². The van der Waals surface area contributed by atoms with Crippen LogP contribution in [-0.2, 0) is 4.79 Å². The van der Waals surface area contributed by atoms with Crippen LogP contribution in [-0.4, -0.2) is 17.3 Å². The molecular weight excluding hydrogens is 197 g/mol. The van der Waals surface area contributed by atoms with Gasteiger partial charge in [-0.2, -0.15) is 13.2 Å². The van der Waals surface area contributed by atoms with Gasteiger partial charge in [-0.05, 0) is 19.8 Å². The largest absolute Gasteiger partial charge is 0.481 e. The predicted molar refractivity (Wildman–Crippen MR) is 45.8 cm³/mol. The van der Waals surface area contributed by atoms with Gasteiger partial charge in [-0.3, -0.25) is 4.79 Å². The van der Waals surface area contributed by atoms with E-state index in [1.165, 1.54) is 13.0 Å². The Hall–Kier alpha value is -1.00. The van der Waals surface area contributed by atoms with Gasteiger partial charge in [0.1, 0.15) is 0 Å². The second-order valence-corrected chi connectivity index (χ2v) is 3.40. The normalized spacial score (nSPS) is 16.0. The number of hydrogen-bond acceptors (Lipinski definition) is 1. The van der Waals surface area contributed by atoms with Crippen molar-refractivity contribution < 1.29 is 23.1 Å². The van der Waals surface area contributed by atoms with Crippen LogP contribution >= 0.6 is 0 Å². The molecule has 0 fully saturated rings. The smallest absolute Gasteiger partial charge is 0.389 e. The third-order valence-electron chi connectivity index (χ3n) is 2.10. The fraction of sp³-hybridized carbons (Fsp3) is 0.667. The Morgan fingerprint density at radius 3 is 2.21 bits per heavy atom. The van der Waals surface area contributed by atoms with Gasteiger partial charge in [0, 0.05) is 6.42 Å². The lowest BCUT2D eigenvalue weighted by molar-refractivity contribution is -0.148. The van der Waals surface area contributed by atoms with Crippen molar-refractivity contribution in [2.45, 2.75) is 32.4 Å². The van der Waals surface area contributed by atoms with E-state index in [1.54, 1.807) is 0 Å². The van der Waals surface area contributed by atoms with Gasteiger partial charge in [-0.15, -0.1) is 6.58 Å². The first-order valence-electron chi connectivity index (χ1n) is 4.15. The molecule has 1 atom stereocenters. The molecule has 0 aliphatic heterocycles. The zero-order valence-electron chi connectivity index (χ0n) is 7.90. The van der Waals surface area contributed by atoms with E-state index in [9.17, 15) is 18.0 Å². The molecule has 0 amide bonds. The fourth-order valence-electron chi connectivity index (χ4n) is 0.952. The molecule has 0 aliphatic carbocycles. The SMILES string of the molecule is C=CC(C)(CCCC(F)(F)F)C(=O)O. The molecule has 0 radical (unpaired) electrons. The van der Waals surface area contributed by atoms with Crippen molar-refractivity contribution in [2.24, 2.45) is 5.41 Å². The molecule has 14 heavy (non-hydrogen) atoms. The first-order chi connectivity index (χ1) is 6.21. The van der Waals surface area contributed by atoms with Crippen molar-refractivity contribution in [3.05, 3.63) is 12.7 Å². The zero-order chi connectivity index (χ0) is 11.4. The molecule has 0 aromatic heterocycles. The Bertz CT molecular complexity index is 223. The van der Waals surface area contributed by atoms with Gasteiger partial charge in [0.2, 0.25) is 0 Å². The number of rotatable bonds is 5. The molecule has 0 heterocycles. The second kappa shape index (κ2) is 4.48. The predicted octanol–water partition coefficient (Wildman–Crippen LogP) is 3.00. The summed E-state index contributed by atoms with van der Waals surface area (Å²) >= 11 is 0. The molecule has 1 unspecified atom stereocenters. The lowest BCUT2D eigenvalue weighted by atomic mass is 9.85. The monoisotopic (exact) mass is 210 g/mol. The molecule has 0 aromatic carbocycles. The van der Waals surface area contributed by atoms with Gasteiger partial charge in [-0.1, -0.05) is 6.08 Å². The number of carboxylic acid groups (broad SMARTS) is 1. The van der Waals surface area contributed by atoms with Gasteiger partial charge in [0.25, 0.3) is 0 Å². The van der Waals surface area contributed by atoms with Gasteiger partial charge >= 0.3 is 12.1 Å². The molecule has 0 aromatic rings. The van der Waals surface area contributed by atoms with E-state index in [2.05, 4.69) is 6.58 Å². The van der Waals surface area contributed by atoms with Crippen LogP contribution in [0.25, 0.3) is 0 Å². The third kappa shape index (κ3) is 4.30.